The van der Waals surface area contributed by atoms with E-state index in [0.717, 1.165) is 5.57 Å². The molecule has 17 atom stereocenters. The fraction of sp³-hybridized carbons (Fsp3) is 0.884. The minimum Gasteiger partial charge on any atom is -0.488 e. The maximum absolute atomic E-state index is 14.5. The molecule has 334 valence electrons. The third-order valence-corrected chi connectivity index (χ3v) is 13.0. The van der Waals surface area contributed by atoms with Gasteiger partial charge in [-0.25, -0.2) is 0 Å². The van der Waals surface area contributed by atoms with Crippen molar-refractivity contribution in [3.05, 3.63) is 11.3 Å². The van der Waals surface area contributed by atoms with Crippen LogP contribution in [0, 0.1) is 17.8 Å². The highest BCUT2D eigenvalue weighted by atomic mass is 16.7. The molecule has 0 aromatic heterocycles. The number of carbonyl (C=O) groups is 3. The number of esters is 3. The van der Waals surface area contributed by atoms with Crippen LogP contribution in [-0.2, 0) is 57.0 Å². The largest absolute Gasteiger partial charge is 0.488 e. The normalized spacial score (nSPS) is 44.1. The van der Waals surface area contributed by atoms with E-state index in [2.05, 4.69) is 0 Å². The molecular weight excluding hydrogens is 754 g/mol. The lowest BCUT2D eigenvalue weighted by Crippen LogP contribution is -2.60. The van der Waals surface area contributed by atoms with E-state index in [-0.39, 0.29) is 37.8 Å². The fourth-order valence-corrected chi connectivity index (χ4v) is 9.59. The number of cyclic esters (lactones) is 1. The van der Waals surface area contributed by atoms with Crippen molar-refractivity contribution in [2.75, 3.05) is 21.2 Å². The van der Waals surface area contributed by atoms with Gasteiger partial charge in [-0.3, -0.25) is 14.4 Å². The Morgan fingerprint density at radius 2 is 1.50 bits per heavy atom. The second-order valence-corrected chi connectivity index (χ2v) is 18.0. The topological polar surface area (TPSA) is 178 Å². The third kappa shape index (κ3) is 10.0. The summed E-state index contributed by atoms with van der Waals surface area (Å²) in [5.41, 5.74) is -3.14. The lowest BCUT2D eigenvalue weighted by molar-refractivity contribution is -0.317. The third-order valence-electron chi connectivity index (χ3n) is 13.0. The number of likely N-dealkylation sites (N-methyl/N-ethyl adjacent to an activating group) is 1. The quantitative estimate of drug-likeness (QED) is 0.214. The van der Waals surface area contributed by atoms with E-state index < -0.39 is 108 Å². The molecule has 2 N–H and O–H groups in total. The number of carbonyl (C=O) groups excluding carboxylic acids is 3. The molecule has 0 spiro atoms. The summed E-state index contributed by atoms with van der Waals surface area (Å²) in [6.45, 7) is 21.5. The van der Waals surface area contributed by atoms with E-state index in [1.54, 1.807) is 41.7 Å². The van der Waals surface area contributed by atoms with Crippen LogP contribution in [0.3, 0.4) is 0 Å². The predicted molar refractivity (Wildman–Crippen MR) is 212 cm³/mol. The van der Waals surface area contributed by atoms with Gasteiger partial charge < -0.3 is 57.7 Å². The van der Waals surface area contributed by atoms with Crippen molar-refractivity contribution in [3.63, 3.8) is 0 Å². The Morgan fingerprint density at radius 3 is 2.05 bits per heavy atom. The first-order valence-electron chi connectivity index (χ1n) is 21.2. The van der Waals surface area contributed by atoms with E-state index in [4.69, 9.17) is 42.6 Å². The molecule has 15 nitrogen and oxygen atoms in total. The first-order valence-corrected chi connectivity index (χ1v) is 21.2. The van der Waals surface area contributed by atoms with Gasteiger partial charge in [-0.15, -0.1) is 0 Å². The van der Waals surface area contributed by atoms with Crippen LogP contribution in [0.2, 0.25) is 0 Å². The molecule has 2 bridgehead atoms. The Balaban J connectivity index is 1.87. The molecule has 0 radical (unpaired) electrons. The number of ether oxygens (including phenoxy) is 9. The Labute approximate surface area is 345 Å². The van der Waals surface area contributed by atoms with Gasteiger partial charge in [0.25, 0.3) is 0 Å². The molecule has 4 aliphatic rings. The number of rotatable bonds is 11. The number of hydrogen-bond donors (Lipinski definition) is 2. The molecule has 58 heavy (non-hydrogen) atoms. The van der Waals surface area contributed by atoms with Crippen LogP contribution in [0.15, 0.2) is 11.3 Å². The van der Waals surface area contributed by atoms with E-state index in [0.29, 0.717) is 18.6 Å². The van der Waals surface area contributed by atoms with E-state index in [1.165, 1.54) is 6.92 Å². The molecule has 0 amide bonds. The summed E-state index contributed by atoms with van der Waals surface area (Å²) in [6, 6.07) is -0.270. The van der Waals surface area contributed by atoms with Crippen LogP contribution in [0.1, 0.15) is 122 Å². The average molecular weight is 828 g/mol. The van der Waals surface area contributed by atoms with Crippen molar-refractivity contribution in [1.29, 1.82) is 0 Å². The van der Waals surface area contributed by atoms with Crippen molar-refractivity contribution >= 4 is 17.9 Å². The monoisotopic (exact) mass is 828 g/mol. The average Bonchev–Trinajstić information content (AvgIpc) is 3.48. The Bertz CT molecular complexity index is 1470. The molecule has 0 aromatic rings. The van der Waals surface area contributed by atoms with Crippen LogP contribution in [0.4, 0.5) is 0 Å². The van der Waals surface area contributed by atoms with E-state index in [9.17, 15) is 24.6 Å². The van der Waals surface area contributed by atoms with Gasteiger partial charge in [0.05, 0.1) is 30.1 Å². The lowest BCUT2D eigenvalue weighted by Gasteiger charge is -2.49. The van der Waals surface area contributed by atoms with Crippen LogP contribution < -0.4 is 0 Å². The van der Waals surface area contributed by atoms with Gasteiger partial charge in [-0.1, -0.05) is 34.6 Å². The highest BCUT2D eigenvalue weighted by Crippen LogP contribution is 2.48. The van der Waals surface area contributed by atoms with Gasteiger partial charge >= 0.3 is 17.9 Å². The maximum Gasteiger partial charge on any atom is 0.311 e. The molecule has 15 heteroatoms. The highest BCUT2D eigenvalue weighted by molar-refractivity contribution is 5.73. The second kappa shape index (κ2) is 19.1. The summed E-state index contributed by atoms with van der Waals surface area (Å²) in [6.07, 6.45) is -7.28. The molecule has 3 fully saturated rings. The van der Waals surface area contributed by atoms with Crippen molar-refractivity contribution in [2.24, 2.45) is 17.8 Å². The molecule has 4 rings (SSSR count). The summed E-state index contributed by atoms with van der Waals surface area (Å²) < 4.78 is 57.6. The fourth-order valence-electron chi connectivity index (χ4n) is 9.59. The van der Waals surface area contributed by atoms with Gasteiger partial charge in [0.2, 0.25) is 0 Å². The van der Waals surface area contributed by atoms with Gasteiger partial charge in [0.15, 0.2) is 18.7 Å². The molecule has 0 unspecified atom stereocenters. The molecule has 0 saturated carbocycles. The van der Waals surface area contributed by atoms with Crippen LogP contribution in [-0.4, -0.2) is 138 Å². The van der Waals surface area contributed by atoms with Crippen molar-refractivity contribution in [3.8, 4) is 0 Å². The van der Waals surface area contributed by atoms with Crippen molar-refractivity contribution < 1.29 is 67.2 Å². The minimum atomic E-state index is -1.85. The molecule has 3 saturated heterocycles. The Hall–Kier alpha value is -2.37. The van der Waals surface area contributed by atoms with Gasteiger partial charge in [0, 0.05) is 44.8 Å². The number of methoxy groups -OCH3 is 1. The predicted octanol–water partition coefficient (Wildman–Crippen LogP) is 4.81. The second-order valence-electron chi connectivity index (χ2n) is 18.0. The standard InChI is InChI=1S/C43H73NO14/c1-16-29-43(12,49)37(54-30(45)17-2)24(6)34-22(4)20-42(11,58-34)36(57-40-33(47)28(44(13)14)19-23(5)51-40)25(7)35(26(8)39(48)53-29)56-32-21-41(10,50-15)38(27(9)52-32)55-31(46)18-3/h23-29,32-33,35-38,40,47,49H,16-21H2,1-15H3/t23-,24+,25+,26-,27+,28+,29-,32+,33-,35+,36-,37-,38+,40+,41-,42-,43-/m1/s1. The summed E-state index contributed by atoms with van der Waals surface area (Å²) >= 11 is 0. The summed E-state index contributed by atoms with van der Waals surface area (Å²) in [5, 5.41) is 24.1. The number of hydrogen-bond acceptors (Lipinski definition) is 15. The SMILES string of the molecule is CCC(=O)O[C@@H]1[C@@H](C)C2=C(C)C[C@@](C)(O2)[C@H](O[C@@H]2O[C@H](C)C[C@H](N(C)C)[C@H]2O)[C@@H](C)[C@H](O[C@H]2C[C@@](C)(OC)[C@@H](OC(=O)CC)[C@H](C)O2)[C@@H](C)C(=O)O[C@H](CC)[C@@]1(C)O. The molecule has 0 aliphatic carbocycles. The van der Waals surface area contributed by atoms with Crippen LogP contribution in [0.25, 0.3) is 0 Å². The first kappa shape index (κ1) is 48.3. The van der Waals surface area contributed by atoms with Gasteiger partial charge in [0.1, 0.15) is 47.0 Å². The zero-order valence-electron chi connectivity index (χ0n) is 37.6. The van der Waals surface area contributed by atoms with Crippen LogP contribution in [0.5, 0.6) is 0 Å². The van der Waals surface area contributed by atoms with E-state index >= 15 is 0 Å². The van der Waals surface area contributed by atoms with Crippen molar-refractivity contribution in [2.45, 2.75) is 206 Å². The number of aliphatic hydroxyl groups is 2. The number of fused-ring (bicyclic) bond motifs is 2. The lowest BCUT2D eigenvalue weighted by atomic mass is 9.78. The summed E-state index contributed by atoms with van der Waals surface area (Å²) in [5.74, 6) is -3.40. The molecular formula is C43H73NO14. The zero-order valence-corrected chi connectivity index (χ0v) is 37.6. The Kier molecular flexibility index (Phi) is 15.9. The van der Waals surface area contributed by atoms with Gasteiger partial charge in [-0.05, 0) is 81.0 Å². The smallest absolute Gasteiger partial charge is 0.311 e. The maximum atomic E-state index is 14.5. The first-order chi connectivity index (χ1) is 27.0. The molecule has 4 aliphatic heterocycles. The number of aliphatic hydroxyl groups excluding tert-OH is 1. The van der Waals surface area contributed by atoms with Crippen molar-refractivity contribution in [1.82, 2.24) is 4.90 Å². The van der Waals surface area contributed by atoms with E-state index in [1.807, 2.05) is 60.5 Å². The number of nitrogens with zero attached hydrogens (tertiary/aromatic N) is 1. The minimum absolute atomic E-state index is 0.0673. The summed E-state index contributed by atoms with van der Waals surface area (Å²) in [4.78, 5) is 41.9. The molecule has 4 heterocycles. The highest BCUT2D eigenvalue weighted by Gasteiger charge is 2.57. The Morgan fingerprint density at radius 1 is 0.897 bits per heavy atom. The summed E-state index contributed by atoms with van der Waals surface area (Å²) in [7, 11) is 5.34. The molecule has 0 aromatic carbocycles. The zero-order chi connectivity index (χ0) is 43.7. The van der Waals surface area contributed by atoms with Gasteiger partial charge in [-0.2, -0.15) is 0 Å². The van der Waals surface area contributed by atoms with Crippen LogP contribution >= 0.6 is 0 Å².